The van der Waals surface area contributed by atoms with E-state index in [-0.39, 0.29) is 6.61 Å². The zero-order valence-corrected chi connectivity index (χ0v) is 18.5. The summed E-state index contributed by atoms with van der Waals surface area (Å²) in [5.41, 5.74) is 6.62. The monoisotopic (exact) mass is 447 g/mol. The molecule has 0 spiro atoms. The van der Waals surface area contributed by atoms with Crippen molar-refractivity contribution >= 4 is 23.5 Å². The second-order valence-corrected chi connectivity index (χ2v) is 8.38. The normalized spacial score (nSPS) is 22.4. The highest BCUT2D eigenvalue weighted by atomic mass is 16.5. The number of benzene rings is 1. The quantitative estimate of drug-likeness (QED) is 0.488. The molecular weight excluding hydrogens is 414 g/mol. The summed E-state index contributed by atoms with van der Waals surface area (Å²) in [5, 5.41) is 12.8. The number of hydrogen-bond acceptors (Lipinski definition) is 7. The minimum atomic E-state index is -1.17. The van der Waals surface area contributed by atoms with Crippen molar-refractivity contribution in [2.75, 3.05) is 31.1 Å². The van der Waals surface area contributed by atoms with E-state index in [1.165, 1.54) is 0 Å². The molecule has 32 heavy (non-hydrogen) atoms. The van der Waals surface area contributed by atoms with Crippen LogP contribution in [-0.2, 0) is 19.1 Å². The molecule has 1 amide bonds. The van der Waals surface area contributed by atoms with Gasteiger partial charge in [0.1, 0.15) is 18.2 Å². The molecule has 2 aliphatic rings. The third-order valence-electron chi connectivity index (χ3n) is 6.23. The smallest absolute Gasteiger partial charge is 0.323 e. The first kappa shape index (κ1) is 24.0. The molecule has 9 heteroatoms. The molecule has 9 nitrogen and oxygen atoms in total. The van der Waals surface area contributed by atoms with E-state index in [4.69, 9.17) is 15.2 Å². The van der Waals surface area contributed by atoms with Gasteiger partial charge in [0.2, 0.25) is 5.91 Å². The third-order valence-corrected chi connectivity index (χ3v) is 6.23. The van der Waals surface area contributed by atoms with E-state index in [9.17, 15) is 19.5 Å². The van der Waals surface area contributed by atoms with E-state index < -0.39 is 42.5 Å². The van der Waals surface area contributed by atoms with Crippen molar-refractivity contribution in [3.63, 3.8) is 0 Å². The van der Waals surface area contributed by atoms with E-state index in [0.29, 0.717) is 23.8 Å². The molecule has 1 saturated heterocycles. The Morgan fingerprint density at radius 3 is 2.72 bits per heavy atom. The first-order chi connectivity index (χ1) is 15.4. The number of para-hydroxylation sites is 2. The van der Waals surface area contributed by atoms with Crippen LogP contribution < -0.4 is 20.7 Å². The lowest BCUT2D eigenvalue weighted by Crippen LogP contribution is -2.51. The number of anilines is 1. The number of carboxylic acids is 1. The van der Waals surface area contributed by atoms with Crippen LogP contribution in [0, 0.1) is 17.8 Å². The van der Waals surface area contributed by atoms with E-state index >= 15 is 0 Å². The fraction of sp³-hybridized carbons (Fsp3) is 0.609. The van der Waals surface area contributed by atoms with Crippen LogP contribution in [0.15, 0.2) is 24.3 Å². The second-order valence-electron chi connectivity index (χ2n) is 8.38. The van der Waals surface area contributed by atoms with Crippen LogP contribution in [-0.4, -0.2) is 55.4 Å². The summed E-state index contributed by atoms with van der Waals surface area (Å²) in [6, 6.07) is 6.66. The average molecular weight is 448 g/mol. The summed E-state index contributed by atoms with van der Waals surface area (Å²) in [7, 11) is 0. The number of ether oxygens (including phenoxy) is 2. The number of piperidine rings is 1. The van der Waals surface area contributed by atoms with Crippen LogP contribution in [0.5, 0.6) is 5.75 Å². The Hall–Kier alpha value is -2.65. The maximum atomic E-state index is 13.6. The largest absolute Gasteiger partial charge is 0.480 e. The van der Waals surface area contributed by atoms with Gasteiger partial charge in [0.05, 0.1) is 18.2 Å². The van der Waals surface area contributed by atoms with E-state index in [1.54, 1.807) is 31.2 Å². The lowest BCUT2D eigenvalue weighted by molar-refractivity contribution is -0.155. The van der Waals surface area contributed by atoms with Gasteiger partial charge in [-0.2, -0.15) is 0 Å². The summed E-state index contributed by atoms with van der Waals surface area (Å²) in [4.78, 5) is 39.1. The lowest BCUT2D eigenvalue weighted by atomic mass is 9.83. The van der Waals surface area contributed by atoms with Crippen molar-refractivity contribution in [3.05, 3.63) is 24.3 Å². The Kier molecular flexibility index (Phi) is 8.46. The molecule has 3 atom stereocenters. The van der Waals surface area contributed by atoms with Gasteiger partial charge in [-0.3, -0.25) is 25.0 Å². The Labute approximate surface area is 188 Å². The molecule has 0 radical (unpaired) electrons. The highest BCUT2D eigenvalue weighted by Crippen LogP contribution is 2.37. The van der Waals surface area contributed by atoms with Crippen LogP contribution in [0.1, 0.15) is 39.0 Å². The summed E-state index contributed by atoms with van der Waals surface area (Å²) >= 11 is 0. The zero-order valence-electron chi connectivity index (χ0n) is 18.5. The third kappa shape index (κ3) is 5.77. The molecule has 0 aliphatic carbocycles. The van der Waals surface area contributed by atoms with E-state index in [0.717, 1.165) is 43.7 Å². The number of nitrogens with two attached hydrogens (primary N) is 1. The molecule has 1 aromatic rings. The van der Waals surface area contributed by atoms with Crippen molar-refractivity contribution in [1.29, 1.82) is 0 Å². The van der Waals surface area contributed by atoms with Gasteiger partial charge >= 0.3 is 11.9 Å². The fourth-order valence-corrected chi connectivity index (χ4v) is 4.63. The van der Waals surface area contributed by atoms with Crippen molar-refractivity contribution in [2.24, 2.45) is 23.5 Å². The highest BCUT2D eigenvalue weighted by molar-refractivity contribution is 6.02. The predicted molar refractivity (Wildman–Crippen MR) is 118 cm³/mol. The molecule has 2 heterocycles. The van der Waals surface area contributed by atoms with Gasteiger partial charge in [0.25, 0.3) is 0 Å². The summed E-state index contributed by atoms with van der Waals surface area (Å²) in [6.07, 6.45) is 3.21. The number of esters is 1. The standard InChI is InChI=1S/C23H33N3O6/c1-2-31-23(30)16(7-5-6-15-10-12-25-13-11-15)20-21(24)32-18-9-4-3-8-17(18)26(22(20)29)14-19(27)28/h3-4,8-9,15-16,20-21,25H,2,5-7,10-14,24H2,1H3,(H,27,28)/t16-,20+,21?/m1/s1. The molecule has 3 rings (SSSR count). The molecule has 0 saturated carbocycles. The topological polar surface area (TPSA) is 131 Å². The van der Waals surface area contributed by atoms with Crippen molar-refractivity contribution in [1.82, 2.24) is 5.32 Å². The van der Waals surface area contributed by atoms with Gasteiger partial charge in [-0.05, 0) is 57.3 Å². The summed E-state index contributed by atoms with van der Waals surface area (Å²) < 4.78 is 11.1. The number of carboxylic acid groups (broad SMARTS) is 1. The van der Waals surface area contributed by atoms with Gasteiger partial charge in [0.15, 0.2) is 6.23 Å². The SMILES string of the molecule is CCOC(=O)[C@H](CCCC1CCNCC1)[C@@H]1C(=O)N(CC(=O)O)c2ccccc2OC1N. The molecule has 1 aromatic carbocycles. The zero-order chi connectivity index (χ0) is 23.1. The number of nitrogens with one attached hydrogen (secondary N) is 1. The maximum Gasteiger partial charge on any atom is 0.323 e. The minimum absolute atomic E-state index is 0.180. The number of amides is 1. The Balaban J connectivity index is 1.85. The van der Waals surface area contributed by atoms with Crippen LogP contribution >= 0.6 is 0 Å². The lowest BCUT2D eigenvalue weighted by Gasteiger charge is -2.30. The first-order valence-corrected chi connectivity index (χ1v) is 11.3. The first-order valence-electron chi connectivity index (χ1n) is 11.3. The van der Waals surface area contributed by atoms with Crippen LogP contribution in [0.3, 0.4) is 0 Å². The molecule has 0 aromatic heterocycles. The van der Waals surface area contributed by atoms with Gasteiger partial charge in [-0.25, -0.2) is 0 Å². The molecule has 4 N–H and O–H groups in total. The van der Waals surface area contributed by atoms with Crippen LogP contribution in [0.25, 0.3) is 0 Å². The molecule has 0 bridgehead atoms. The molecule has 176 valence electrons. The van der Waals surface area contributed by atoms with Gasteiger partial charge in [-0.1, -0.05) is 25.0 Å². The summed E-state index contributed by atoms with van der Waals surface area (Å²) in [6.45, 7) is 3.33. The van der Waals surface area contributed by atoms with Crippen molar-refractivity contribution in [2.45, 2.75) is 45.3 Å². The Morgan fingerprint density at radius 1 is 1.31 bits per heavy atom. The molecule has 1 fully saturated rings. The number of rotatable bonds is 9. The average Bonchev–Trinajstić information content (AvgIpc) is 2.86. The van der Waals surface area contributed by atoms with E-state index in [1.807, 2.05) is 0 Å². The Bertz CT molecular complexity index is 811. The van der Waals surface area contributed by atoms with Crippen molar-refractivity contribution < 1.29 is 29.0 Å². The second kappa shape index (κ2) is 11.3. The highest BCUT2D eigenvalue weighted by Gasteiger charge is 2.45. The van der Waals surface area contributed by atoms with Gasteiger partial charge in [-0.15, -0.1) is 0 Å². The maximum absolute atomic E-state index is 13.6. The van der Waals surface area contributed by atoms with Crippen LogP contribution in [0.4, 0.5) is 5.69 Å². The number of fused-ring (bicyclic) bond motifs is 1. The van der Waals surface area contributed by atoms with Gasteiger partial charge < -0.3 is 19.9 Å². The van der Waals surface area contributed by atoms with Crippen LogP contribution in [0.2, 0.25) is 0 Å². The molecular formula is C23H33N3O6. The number of carbonyl (C=O) groups excluding carboxylic acids is 2. The number of carbonyl (C=O) groups is 3. The van der Waals surface area contributed by atoms with Gasteiger partial charge in [0, 0.05) is 0 Å². The summed E-state index contributed by atoms with van der Waals surface area (Å²) in [5.74, 6) is -3.17. The fourth-order valence-electron chi connectivity index (χ4n) is 4.63. The predicted octanol–water partition coefficient (Wildman–Crippen LogP) is 1.75. The number of nitrogens with zero attached hydrogens (tertiary/aromatic N) is 1. The molecule has 1 unspecified atom stereocenters. The number of hydrogen-bond donors (Lipinski definition) is 3. The van der Waals surface area contributed by atoms with Crippen molar-refractivity contribution in [3.8, 4) is 5.75 Å². The number of aliphatic carboxylic acids is 1. The minimum Gasteiger partial charge on any atom is -0.480 e. The Morgan fingerprint density at radius 2 is 2.03 bits per heavy atom. The van der Waals surface area contributed by atoms with E-state index in [2.05, 4.69) is 5.32 Å². The molecule has 2 aliphatic heterocycles.